The number of nitrogens with one attached hydrogen (secondary N) is 2. The number of rotatable bonds is 6. The highest BCUT2D eigenvalue weighted by atomic mass is 16.5. The summed E-state index contributed by atoms with van der Waals surface area (Å²) >= 11 is 0. The highest BCUT2D eigenvalue weighted by Gasteiger charge is 2.22. The maximum Gasteiger partial charge on any atom is 0.251 e. The molecule has 1 aromatic heterocycles. The molecule has 1 aliphatic heterocycles. The summed E-state index contributed by atoms with van der Waals surface area (Å²) in [6, 6.07) is 11.4. The van der Waals surface area contributed by atoms with Gasteiger partial charge >= 0.3 is 0 Å². The van der Waals surface area contributed by atoms with Gasteiger partial charge in [-0.1, -0.05) is 6.07 Å². The molecule has 31 heavy (non-hydrogen) atoms. The minimum atomic E-state index is -0.114. The van der Waals surface area contributed by atoms with E-state index in [0.717, 1.165) is 40.7 Å². The number of amides is 2. The maximum atomic E-state index is 12.7. The number of carbonyl (C=O) groups excluding carboxylic acids is 2. The average Bonchev–Trinajstić information content (AvgIpc) is 3.15. The van der Waals surface area contributed by atoms with E-state index in [4.69, 9.17) is 9.47 Å². The molecule has 0 aliphatic carbocycles. The van der Waals surface area contributed by atoms with Gasteiger partial charge in [-0.2, -0.15) is 0 Å². The minimum absolute atomic E-state index is 0.0732. The number of methoxy groups -OCH3 is 2. The molecule has 2 heterocycles. The van der Waals surface area contributed by atoms with E-state index in [-0.39, 0.29) is 11.8 Å². The number of aromatic amines is 1. The number of hydrogen-bond acceptors (Lipinski definition) is 4. The van der Waals surface area contributed by atoms with Crippen LogP contribution < -0.4 is 14.8 Å². The molecule has 2 aromatic carbocycles. The van der Waals surface area contributed by atoms with Crippen LogP contribution in [0.3, 0.4) is 0 Å². The Bertz CT molecular complexity index is 1140. The summed E-state index contributed by atoms with van der Waals surface area (Å²) in [4.78, 5) is 29.8. The zero-order chi connectivity index (χ0) is 22.0. The Labute approximate surface area is 181 Å². The van der Waals surface area contributed by atoms with Crippen molar-refractivity contribution in [2.45, 2.75) is 26.3 Å². The summed E-state index contributed by atoms with van der Waals surface area (Å²) in [5.74, 6) is 1.32. The van der Waals surface area contributed by atoms with Gasteiger partial charge in [-0.15, -0.1) is 0 Å². The normalized spacial score (nSPS) is 13.1. The Morgan fingerprint density at radius 2 is 1.90 bits per heavy atom. The molecule has 0 atom stereocenters. The Hall–Kier alpha value is -3.48. The van der Waals surface area contributed by atoms with Crippen LogP contribution in [0.1, 0.15) is 34.1 Å². The zero-order valence-corrected chi connectivity index (χ0v) is 18.1. The fraction of sp³-hybridized carbons (Fsp3) is 0.333. The van der Waals surface area contributed by atoms with Crippen LogP contribution in [-0.4, -0.2) is 49.0 Å². The third-order valence-electron chi connectivity index (χ3n) is 5.83. The summed E-state index contributed by atoms with van der Waals surface area (Å²) < 4.78 is 10.6. The third-order valence-corrected chi connectivity index (χ3v) is 5.83. The van der Waals surface area contributed by atoms with Gasteiger partial charge in [0.15, 0.2) is 11.5 Å². The lowest BCUT2D eigenvalue weighted by molar-refractivity contribution is -0.129. The Morgan fingerprint density at radius 3 is 2.65 bits per heavy atom. The Balaban J connectivity index is 1.45. The van der Waals surface area contributed by atoms with Gasteiger partial charge in [0.05, 0.1) is 14.2 Å². The lowest BCUT2D eigenvalue weighted by Gasteiger charge is -2.26. The average molecular weight is 421 g/mol. The van der Waals surface area contributed by atoms with Crippen LogP contribution in [0.2, 0.25) is 0 Å². The molecule has 0 saturated heterocycles. The van der Waals surface area contributed by atoms with Crippen molar-refractivity contribution < 1.29 is 19.1 Å². The molecule has 0 radical (unpaired) electrons. The van der Waals surface area contributed by atoms with Crippen LogP contribution in [0.15, 0.2) is 36.4 Å². The molecule has 3 aromatic rings. The Morgan fingerprint density at radius 1 is 1.10 bits per heavy atom. The van der Waals surface area contributed by atoms with Crippen molar-refractivity contribution >= 4 is 22.7 Å². The van der Waals surface area contributed by atoms with E-state index in [1.807, 2.05) is 41.3 Å². The number of ether oxygens (including phenoxy) is 2. The van der Waals surface area contributed by atoms with Crippen LogP contribution in [-0.2, 0) is 24.2 Å². The summed E-state index contributed by atoms with van der Waals surface area (Å²) in [6.45, 7) is 3.40. The van der Waals surface area contributed by atoms with Gasteiger partial charge in [-0.25, -0.2) is 0 Å². The highest BCUT2D eigenvalue weighted by molar-refractivity contribution is 5.99. The third kappa shape index (κ3) is 4.21. The maximum absolute atomic E-state index is 12.7. The van der Waals surface area contributed by atoms with Gasteiger partial charge in [0.2, 0.25) is 5.91 Å². The number of aromatic nitrogens is 1. The summed E-state index contributed by atoms with van der Waals surface area (Å²) in [5.41, 5.74) is 4.92. The van der Waals surface area contributed by atoms with Crippen LogP contribution in [0, 0.1) is 0 Å². The number of H-pyrrole nitrogens is 1. The number of fused-ring (bicyclic) bond motifs is 3. The fourth-order valence-electron chi connectivity index (χ4n) is 4.08. The lowest BCUT2D eigenvalue weighted by Crippen LogP contribution is -2.33. The standard InChI is InChI=1S/C24H27N3O4/c1-15(28)27-11-9-21-19(14-27)18-13-17(5-6-20(18)26-21)24(29)25-10-8-16-4-7-22(30-2)23(12-16)31-3/h4-7,12-13,26H,8-11,14H2,1-3H3,(H,25,29). The zero-order valence-electron chi connectivity index (χ0n) is 18.1. The molecule has 0 saturated carbocycles. The van der Waals surface area contributed by atoms with E-state index < -0.39 is 0 Å². The van der Waals surface area contributed by atoms with Crippen LogP contribution in [0.5, 0.6) is 11.5 Å². The first kappa shape index (κ1) is 20.8. The molecular weight excluding hydrogens is 394 g/mol. The first-order valence-electron chi connectivity index (χ1n) is 10.4. The molecule has 162 valence electrons. The molecule has 4 rings (SSSR count). The molecule has 2 amide bonds. The van der Waals surface area contributed by atoms with E-state index in [2.05, 4.69) is 10.3 Å². The first-order valence-corrected chi connectivity index (χ1v) is 10.4. The number of nitrogens with zero attached hydrogens (tertiary/aromatic N) is 1. The molecule has 2 N–H and O–H groups in total. The molecule has 0 bridgehead atoms. The second kappa shape index (κ2) is 8.71. The quantitative estimate of drug-likeness (QED) is 0.641. The van der Waals surface area contributed by atoms with Gasteiger partial charge in [0.25, 0.3) is 5.91 Å². The van der Waals surface area contributed by atoms with Gasteiger partial charge in [0, 0.05) is 60.7 Å². The number of hydrogen-bond donors (Lipinski definition) is 2. The predicted octanol–water partition coefficient (Wildman–Crippen LogP) is 3.06. The van der Waals surface area contributed by atoms with Crippen molar-refractivity contribution in [1.29, 1.82) is 0 Å². The van der Waals surface area contributed by atoms with Crippen molar-refractivity contribution in [3.63, 3.8) is 0 Å². The monoisotopic (exact) mass is 421 g/mol. The lowest BCUT2D eigenvalue weighted by atomic mass is 10.0. The van der Waals surface area contributed by atoms with E-state index in [1.165, 1.54) is 0 Å². The molecule has 7 nitrogen and oxygen atoms in total. The molecule has 0 spiro atoms. The second-order valence-corrected chi connectivity index (χ2v) is 7.73. The van der Waals surface area contributed by atoms with Crippen molar-refractivity contribution in [3.8, 4) is 11.5 Å². The van der Waals surface area contributed by atoms with Crippen LogP contribution in [0.4, 0.5) is 0 Å². The van der Waals surface area contributed by atoms with Crippen molar-refractivity contribution in [2.24, 2.45) is 0 Å². The van der Waals surface area contributed by atoms with E-state index >= 15 is 0 Å². The fourth-order valence-corrected chi connectivity index (χ4v) is 4.08. The highest BCUT2D eigenvalue weighted by Crippen LogP contribution is 2.29. The summed E-state index contributed by atoms with van der Waals surface area (Å²) in [5, 5.41) is 4.00. The van der Waals surface area contributed by atoms with Gasteiger partial charge < -0.3 is 24.7 Å². The number of carbonyl (C=O) groups is 2. The Kier molecular flexibility index (Phi) is 5.84. The van der Waals surface area contributed by atoms with Gasteiger partial charge in [-0.05, 0) is 42.3 Å². The molecular formula is C24H27N3O4. The molecule has 1 aliphatic rings. The summed E-state index contributed by atoms with van der Waals surface area (Å²) in [7, 11) is 3.21. The van der Waals surface area contributed by atoms with E-state index in [9.17, 15) is 9.59 Å². The smallest absolute Gasteiger partial charge is 0.251 e. The molecule has 0 fully saturated rings. The summed E-state index contributed by atoms with van der Waals surface area (Å²) in [6.07, 6.45) is 1.48. The first-order chi connectivity index (χ1) is 15.0. The van der Waals surface area contributed by atoms with E-state index in [0.29, 0.717) is 36.6 Å². The second-order valence-electron chi connectivity index (χ2n) is 7.73. The van der Waals surface area contributed by atoms with Gasteiger partial charge in [0.1, 0.15) is 0 Å². The number of benzene rings is 2. The minimum Gasteiger partial charge on any atom is -0.493 e. The van der Waals surface area contributed by atoms with Crippen LogP contribution >= 0.6 is 0 Å². The van der Waals surface area contributed by atoms with Gasteiger partial charge in [-0.3, -0.25) is 9.59 Å². The SMILES string of the molecule is COc1ccc(CCNC(=O)c2ccc3[nH]c4c(c3c2)CN(C(C)=O)CC4)cc1OC. The molecule has 7 heteroatoms. The van der Waals surface area contributed by atoms with Crippen molar-refractivity contribution in [2.75, 3.05) is 27.3 Å². The van der Waals surface area contributed by atoms with Crippen molar-refractivity contribution in [3.05, 3.63) is 58.8 Å². The van der Waals surface area contributed by atoms with E-state index in [1.54, 1.807) is 21.1 Å². The largest absolute Gasteiger partial charge is 0.493 e. The van der Waals surface area contributed by atoms with Crippen molar-refractivity contribution in [1.82, 2.24) is 15.2 Å². The predicted molar refractivity (Wildman–Crippen MR) is 119 cm³/mol. The van der Waals surface area contributed by atoms with Crippen LogP contribution in [0.25, 0.3) is 10.9 Å². The molecule has 0 unspecified atom stereocenters. The topological polar surface area (TPSA) is 83.7 Å².